The zero-order chi connectivity index (χ0) is 20.3. The average Bonchev–Trinajstić information content (AvgIpc) is 3.48. The molecule has 1 aliphatic heterocycles. The number of nitrogens with zero attached hydrogens (tertiary/aromatic N) is 2. The molecule has 1 fully saturated rings. The third kappa shape index (κ3) is 4.23. The number of esters is 1. The van der Waals surface area contributed by atoms with Gasteiger partial charge in [0.15, 0.2) is 5.69 Å². The third-order valence-corrected chi connectivity index (χ3v) is 5.31. The van der Waals surface area contributed by atoms with Crippen LogP contribution in [0.4, 0.5) is 0 Å². The van der Waals surface area contributed by atoms with E-state index in [4.69, 9.17) is 14.5 Å². The first-order valence-corrected chi connectivity index (χ1v) is 10.5. The number of hydrogen-bond donors (Lipinski definition) is 0. The largest absolute Gasteiger partial charge is 0.490 e. The zero-order valence-electron chi connectivity index (χ0n) is 17.7. The van der Waals surface area contributed by atoms with Crippen molar-refractivity contribution >= 4 is 5.97 Å². The highest BCUT2D eigenvalue weighted by atomic mass is 16.5. The van der Waals surface area contributed by atoms with Gasteiger partial charge in [0, 0.05) is 12.1 Å². The minimum Gasteiger partial charge on any atom is -0.490 e. The highest BCUT2D eigenvalue weighted by molar-refractivity contribution is 5.89. The van der Waals surface area contributed by atoms with Gasteiger partial charge >= 0.3 is 5.97 Å². The molecule has 5 heteroatoms. The molecule has 2 aromatic rings. The Hall–Kier alpha value is -2.30. The maximum Gasteiger partial charge on any atom is 0.358 e. The van der Waals surface area contributed by atoms with E-state index in [0.29, 0.717) is 17.7 Å². The fourth-order valence-electron chi connectivity index (χ4n) is 3.72. The maximum absolute atomic E-state index is 12.3. The Morgan fingerprint density at radius 3 is 2.61 bits per heavy atom. The molecule has 0 bridgehead atoms. The van der Waals surface area contributed by atoms with Gasteiger partial charge in [-0.1, -0.05) is 20.8 Å². The predicted molar refractivity (Wildman–Crippen MR) is 111 cm³/mol. The molecule has 5 nitrogen and oxygen atoms in total. The number of hydrogen-bond acceptors (Lipinski definition) is 4. The summed E-state index contributed by atoms with van der Waals surface area (Å²) in [4.78, 5) is 17.0. The Bertz CT molecular complexity index is 837. The molecule has 2 aliphatic rings. The number of carbonyl (C=O) groups is 1. The van der Waals surface area contributed by atoms with Crippen molar-refractivity contribution < 1.29 is 14.3 Å². The van der Waals surface area contributed by atoms with Crippen molar-refractivity contribution in [3.05, 3.63) is 35.2 Å². The van der Waals surface area contributed by atoms with Gasteiger partial charge in [0.2, 0.25) is 0 Å². The van der Waals surface area contributed by atoms with Crippen LogP contribution < -0.4 is 4.74 Å². The van der Waals surface area contributed by atoms with Crippen LogP contribution in [0, 0.1) is 12.8 Å². The van der Waals surface area contributed by atoms with E-state index in [1.165, 1.54) is 7.11 Å². The SMILES string of the molecule is CC.COC(=O)c1nc(-c2ccc(OC3CC3)c(C)c2)n2c1CCCC(C)C2. The normalized spacial score (nSPS) is 18.4. The van der Waals surface area contributed by atoms with Gasteiger partial charge in [0.1, 0.15) is 11.6 Å². The molecule has 0 N–H and O–H groups in total. The summed E-state index contributed by atoms with van der Waals surface area (Å²) in [6.45, 7) is 9.21. The van der Waals surface area contributed by atoms with E-state index in [1.54, 1.807) is 0 Å². The standard InChI is InChI=1S/C21H26N2O3.C2H6/c1-13-5-4-6-17-19(21(24)25-3)22-20(23(17)12-13)15-7-10-18(14(2)11-15)26-16-8-9-16;1-2/h7,10-11,13,16H,4-6,8-9,12H2,1-3H3;1-2H3. The van der Waals surface area contributed by atoms with Gasteiger partial charge in [-0.15, -0.1) is 0 Å². The molecule has 1 unspecified atom stereocenters. The van der Waals surface area contributed by atoms with E-state index in [9.17, 15) is 4.79 Å². The lowest BCUT2D eigenvalue weighted by Crippen LogP contribution is -2.10. The molecule has 1 saturated carbocycles. The van der Waals surface area contributed by atoms with E-state index in [1.807, 2.05) is 19.9 Å². The van der Waals surface area contributed by atoms with Crippen molar-refractivity contribution in [1.82, 2.24) is 9.55 Å². The summed E-state index contributed by atoms with van der Waals surface area (Å²) in [5, 5.41) is 0. The summed E-state index contributed by atoms with van der Waals surface area (Å²) >= 11 is 0. The first kappa shape index (κ1) is 20.4. The minimum atomic E-state index is -0.347. The van der Waals surface area contributed by atoms with Gasteiger partial charge < -0.3 is 14.0 Å². The van der Waals surface area contributed by atoms with E-state index in [-0.39, 0.29) is 5.97 Å². The fourth-order valence-corrected chi connectivity index (χ4v) is 3.72. The number of methoxy groups -OCH3 is 1. The van der Waals surface area contributed by atoms with Crippen LogP contribution in [0.5, 0.6) is 5.75 Å². The summed E-state index contributed by atoms with van der Waals surface area (Å²) in [5.74, 6) is 2.02. The van der Waals surface area contributed by atoms with Crippen LogP contribution in [0.2, 0.25) is 0 Å². The van der Waals surface area contributed by atoms with Crippen molar-refractivity contribution in [1.29, 1.82) is 0 Å². The molecule has 0 spiro atoms. The number of benzene rings is 1. The number of aryl methyl sites for hydroxylation is 1. The van der Waals surface area contributed by atoms with Crippen molar-refractivity contribution in [3.63, 3.8) is 0 Å². The van der Waals surface area contributed by atoms with E-state index < -0.39 is 0 Å². The number of aromatic nitrogens is 2. The quantitative estimate of drug-likeness (QED) is 0.681. The summed E-state index contributed by atoms with van der Waals surface area (Å²) in [6, 6.07) is 6.20. The molecule has 1 aliphatic carbocycles. The van der Waals surface area contributed by atoms with Crippen molar-refractivity contribution in [2.75, 3.05) is 7.11 Å². The highest BCUT2D eigenvalue weighted by Gasteiger charge is 2.27. The molecule has 4 rings (SSSR count). The van der Waals surface area contributed by atoms with Crippen LogP contribution in [0.25, 0.3) is 11.4 Å². The molecule has 0 saturated heterocycles. The molecule has 152 valence electrons. The van der Waals surface area contributed by atoms with Gasteiger partial charge in [-0.05, 0) is 68.7 Å². The van der Waals surface area contributed by atoms with Crippen LogP contribution in [0.1, 0.15) is 68.2 Å². The van der Waals surface area contributed by atoms with Crippen LogP contribution in [-0.4, -0.2) is 28.7 Å². The number of carbonyl (C=O) groups excluding carboxylic acids is 1. The summed E-state index contributed by atoms with van der Waals surface area (Å²) in [6.07, 6.45) is 5.78. The van der Waals surface area contributed by atoms with Crippen molar-refractivity contribution in [2.45, 2.75) is 72.4 Å². The molecule has 1 aromatic carbocycles. The lowest BCUT2D eigenvalue weighted by molar-refractivity contribution is 0.0593. The second-order valence-corrected chi connectivity index (χ2v) is 7.63. The minimum absolute atomic E-state index is 0.347. The molecule has 1 aromatic heterocycles. The van der Waals surface area contributed by atoms with Gasteiger partial charge in [-0.3, -0.25) is 0 Å². The first-order chi connectivity index (χ1) is 13.6. The molecule has 0 radical (unpaired) electrons. The maximum atomic E-state index is 12.3. The molecular formula is C23H32N2O3. The van der Waals surface area contributed by atoms with Gasteiger partial charge in [0.05, 0.1) is 18.9 Å². The van der Waals surface area contributed by atoms with Crippen molar-refractivity contribution in [2.24, 2.45) is 5.92 Å². The summed E-state index contributed by atoms with van der Waals surface area (Å²) < 4.78 is 13.2. The Labute approximate surface area is 168 Å². The van der Waals surface area contributed by atoms with E-state index in [2.05, 4.69) is 30.5 Å². The zero-order valence-corrected chi connectivity index (χ0v) is 17.7. The smallest absolute Gasteiger partial charge is 0.358 e. The monoisotopic (exact) mass is 384 g/mol. The van der Waals surface area contributed by atoms with Gasteiger partial charge in [-0.25, -0.2) is 9.78 Å². The lowest BCUT2D eigenvalue weighted by Gasteiger charge is -2.14. The summed E-state index contributed by atoms with van der Waals surface area (Å²) in [5.41, 5.74) is 3.60. The number of rotatable bonds is 4. The first-order valence-electron chi connectivity index (χ1n) is 10.5. The summed E-state index contributed by atoms with van der Waals surface area (Å²) in [7, 11) is 1.42. The Kier molecular flexibility index (Phi) is 6.42. The second kappa shape index (κ2) is 8.80. The van der Waals surface area contributed by atoms with Crippen LogP contribution in [0.3, 0.4) is 0 Å². The van der Waals surface area contributed by atoms with Gasteiger partial charge in [-0.2, -0.15) is 0 Å². The van der Waals surface area contributed by atoms with Crippen LogP contribution >= 0.6 is 0 Å². The Morgan fingerprint density at radius 1 is 1.21 bits per heavy atom. The second-order valence-electron chi connectivity index (χ2n) is 7.63. The Balaban J connectivity index is 0.00000109. The van der Waals surface area contributed by atoms with Gasteiger partial charge in [0.25, 0.3) is 0 Å². The molecule has 2 heterocycles. The topological polar surface area (TPSA) is 53.4 Å². The predicted octanol–water partition coefficient (Wildman–Crippen LogP) is 5.18. The van der Waals surface area contributed by atoms with Crippen molar-refractivity contribution in [3.8, 4) is 17.1 Å². The third-order valence-electron chi connectivity index (χ3n) is 5.31. The van der Waals surface area contributed by atoms with E-state index in [0.717, 1.165) is 67.0 Å². The lowest BCUT2D eigenvalue weighted by atomic mass is 10.1. The van der Waals surface area contributed by atoms with Crippen LogP contribution in [0.15, 0.2) is 18.2 Å². The molecule has 28 heavy (non-hydrogen) atoms. The number of fused-ring (bicyclic) bond motifs is 1. The van der Waals surface area contributed by atoms with Crippen LogP contribution in [-0.2, 0) is 17.7 Å². The Morgan fingerprint density at radius 2 is 1.96 bits per heavy atom. The van der Waals surface area contributed by atoms with E-state index >= 15 is 0 Å². The fraction of sp³-hybridized carbons (Fsp3) is 0.565. The highest BCUT2D eigenvalue weighted by Crippen LogP contribution is 2.33. The number of ether oxygens (including phenoxy) is 2. The molecular weight excluding hydrogens is 352 g/mol. The molecule has 0 amide bonds. The number of imidazole rings is 1. The average molecular weight is 385 g/mol. The molecule has 1 atom stereocenters.